The Morgan fingerprint density at radius 2 is 1.56 bits per heavy atom. The Kier molecular flexibility index (Phi) is 14.7. The predicted octanol–water partition coefficient (Wildman–Crippen LogP) is 4.11. The molecular weight excluding hydrogens is 466 g/mol. The minimum atomic E-state index is -1.80. The summed E-state index contributed by atoms with van der Waals surface area (Å²) >= 11 is 0. The smallest absolute Gasteiger partial charge is 0.340 e. The first kappa shape index (κ1) is 31.3. The number of esters is 3. The Bertz CT molecular complexity index is 778. The maximum absolute atomic E-state index is 12.7. The molecule has 0 aromatic carbocycles. The van der Waals surface area contributed by atoms with E-state index in [2.05, 4.69) is 12.2 Å². The molecule has 0 spiro atoms. The standard InChI is InChI=1S/C27H43NO8/c1-5-6-7-13-16-23(32)17-14-11-9-8-10-12-15-18-24-25(35-22(4)31)27(26(33)36-24,28-20(2)29)19-34-21(3)30/h12,15,24-25H,5-11,13-14,16-19H2,1-4H3,(H,28,29)/b15-12+/t24-,25+,27-/m1/s1. The third-order valence-electron chi connectivity index (χ3n) is 6.06. The molecule has 0 bridgehead atoms. The van der Waals surface area contributed by atoms with Crippen LogP contribution >= 0.6 is 0 Å². The number of rotatable bonds is 18. The number of ether oxygens (including phenoxy) is 3. The van der Waals surface area contributed by atoms with Gasteiger partial charge in [-0.2, -0.15) is 0 Å². The van der Waals surface area contributed by atoms with Crippen LogP contribution in [0.4, 0.5) is 0 Å². The highest BCUT2D eigenvalue weighted by atomic mass is 16.6. The molecule has 1 saturated heterocycles. The molecule has 204 valence electrons. The van der Waals surface area contributed by atoms with E-state index in [9.17, 15) is 24.0 Å². The zero-order chi connectivity index (χ0) is 27.0. The number of Topliss-reactive ketones (excluding diaryl/α,β-unsaturated/α-hetero) is 1. The second kappa shape index (κ2) is 16.9. The van der Waals surface area contributed by atoms with Crippen molar-refractivity contribution in [3.8, 4) is 0 Å². The van der Waals surface area contributed by atoms with Crippen molar-refractivity contribution in [2.24, 2.45) is 0 Å². The van der Waals surface area contributed by atoms with Gasteiger partial charge in [0.1, 0.15) is 18.5 Å². The Hall–Kier alpha value is -2.71. The molecule has 3 atom stereocenters. The van der Waals surface area contributed by atoms with Crippen molar-refractivity contribution in [3.63, 3.8) is 0 Å². The van der Waals surface area contributed by atoms with Gasteiger partial charge in [0.25, 0.3) is 0 Å². The van der Waals surface area contributed by atoms with Gasteiger partial charge in [0.2, 0.25) is 11.4 Å². The van der Waals surface area contributed by atoms with Crippen LogP contribution in [0.5, 0.6) is 0 Å². The fourth-order valence-electron chi connectivity index (χ4n) is 4.25. The summed E-state index contributed by atoms with van der Waals surface area (Å²) < 4.78 is 15.8. The summed E-state index contributed by atoms with van der Waals surface area (Å²) in [6.07, 6.45) is 12.8. The van der Waals surface area contributed by atoms with Gasteiger partial charge in [0.15, 0.2) is 6.10 Å². The predicted molar refractivity (Wildman–Crippen MR) is 134 cm³/mol. The van der Waals surface area contributed by atoms with Gasteiger partial charge in [-0.25, -0.2) is 4.79 Å². The average molecular weight is 510 g/mol. The topological polar surface area (TPSA) is 125 Å². The van der Waals surface area contributed by atoms with Crippen LogP contribution in [0, 0.1) is 0 Å². The second-order valence-electron chi connectivity index (χ2n) is 9.42. The number of nitrogens with one attached hydrogen (secondary N) is 1. The molecule has 36 heavy (non-hydrogen) atoms. The van der Waals surface area contributed by atoms with E-state index >= 15 is 0 Å². The van der Waals surface area contributed by atoms with Crippen LogP contribution in [-0.4, -0.2) is 54.0 Å². The number of cyclic esters (lactones) is 1. The molecule has 1 amide bonds. The minimum absolute atomic E-state index is 0.275. The summed E-state index contributed by atoms with van der Waals surface area (Å²) in [5.41, 5.74) is -1.80. The van der Waals surface area contributed by atoms with Gasteiger partial charge in [-0.1, -0.05) is 51.2 Å². The highest BCUT2D eigenvalue weighted by Gasteiger charge is 2.61. The van der Waals surface area contributed by atoms with E-state index in [1.807, 2.05) is 12.2 Å². The lowest BCUT2D eigenvalue weighted by molar-refractivity contribution is -0.159. The Morgan fingerprint density at radius 1 is 0.917 bits per heavy atom. The molecule has 0 aromatic heterocycles. The van der Waals surface area contributed by atoms with E-state index in [4.69, 9.17) is 14.2 Å². The summed E-state index contributed by atoms with van der Waals surface area (Å²) in [5.74, 6) is -2.30. The number of carbonyl (C=O) groups excluding carboxylic acids is 5. The number of unbranched alkanes of at least 4 members (excludes halogenated alkanes) is 7. The van der Waals surface area contributed by atoms with Crippen LogP contribution in [0.25, 0.3) is 0 Å². The van der Waals surface area contributed by atoms with Gasteiger partial charge in [0.05, 0.1) is 0 Å². The fourth-order valence-corrected chi connectivity index (χ4v) is 4.25. The van der Waals surface area contributed by atoms with E-state index in [1.54, 1.807) is 0 Å². The largest absolute Gasteiger partial charge is 0.463 e. The Labute approximate surface area is 214 Å². The van der Waals surface area contributed by atoms with Crippen LogP contribution in [0.1, 0.15) is 105 Å². The van der Waals surface area contributed by atoms with E-state index in [-0.39, 0.29) is 6.42 Å². The van der Waals surface area contributed by atoms with E-state index in [1.165, 1.54) is 33.6 Å². The first-order chi connectivity index (χ1) is 17.1. The van der Waals surface area contributed by atoms with Gasteiger partial charge in [-0.15, -0.1) is 0 Å². The SMILES string of the molecule is CCCCCCC(=O)CCCCCC/C=C/C[C@H]1OC(=O)[C@](COC(C)=O)(NC(C)=O)[C@H]1OC(C)=O. The number of allylic oxidation sites excluding steroid dienone is 1. The molecule has 0 saturated carbocycles. The van der Waals surface area contributed by atoms with Crippen molar-refractivity contribution in [1.82, 2.24) is 5.32 Å². The summed E-state index contributed by atoms with van der Waals surface area (Å²) in [7, 11) is 0. The molecule has 1 rings (SSSR count). The van der Waals surface area contributed by atoms with E-state index in [0.29, 0.717) is 18.6 Å². The highest BCUT2D eigenvalue weighted by Crippen LogP contribution is 2.32. The molecule has 0 unspecified atom stereocenters. The number of amides is 1. The maximum atomic E-state index is 12.7. The molecule has 9 nitrogen and oxygen atoms in total. The molecular formula is C27H43NO8. The van der Waals surface area contributed by atoms with E-state index < -0.39 is 48.2 Å². The summed E-state index contributed by atoms with van der Waals surface area (Å²) in [6.45, 7) is 5.24. The number of hydrogen-bond acceptors (Lipinski definition) is 8. The molecule has 1 heterocycles. The molecule has 1 aliphatic rings. The van der Waals surface area contributed by atoms with Crippen LogP contribution in [0.3, 0.4) is 0 Å². The Balaban J connectivity index is 2.51. The molecule has 1 N–H and O–H groups in total. The Morgan fingerprint density at radius 3 is 2.14 bits per heavy atom. The third kappa shape index (κ3) is 11.4. The first-order valence-corrected chi connectivity index (χ1v) is 13.1. The van der Waals surface area contributed by atoms with Crippen molar-refractivity contribution in [3.05, 3.63) is 12.2 Å². The van der Waals surface area contributed by atoms with Crippen LogP contribution in [0.2, 0.25) is 0 Å². The zero-order valence-electron chi connectivity index (χ0n) is 22.3. The van der Waals surface area contributed by atoms with Crippen molar-refractivity contribution in [1.29, 1.82) is 0 Å². The van der Waals surface area contributed by atoms with Crippen molar-refractivity contribution in [2.45, 2.75) is 122 Å². The lowest BCUT2D eigenvalue weighted by atomic mass is 9.90. The number of carbonyl (C=O) groups is 5. The normalized spacial score (nSPS) is 21.3. The van der Waals surface area contributed by atoms with E-state index in [0.717, 1.165) is 44.9 Å². The van der Waals surface area contributed by atoms with Crippen LogP contribution in [-0.2, 0) is 38.2 Å². The lowest BCUT2D eigenvalue weighted by Gasteiger charge is -2.31. The molecule has 1 aliphatic heterocycles. The number of hydrogen-bond donors (Lipinski definition) is 1. The molecule has 1 fully saturated rings. The second-order valence-corrected chi connectivity index (χ2v) is 9.42. The first-order valence-electron chi connectivity index (χ1n) is 13.1. The van der Waals surface area contributed by atoms with Crippen molar-refractivity contribution >= 4 is 29.6 Å². The van der Waals surface area contributed by atoms with Gasteiger partial charge in [0, 0.05) is 40.0 Å². The zero-order valence-corrected chi connectivity index (χ0v) is 22.3. The maximum Gasteiger partial charge on any atom is 0.340 e. The van der Waals surface area contributed by atoms with Crippen LogP contribution in [0.15, 0.2) is 12.2 Å². The van der Waals surface area contributed by atoms with Crippen molar-refractivity contribution in [2.75, 3.05) is 6.61 Å². The lowest BCUT2D eigenvalue weighted by Crippen LogP contribution is -2.63. The highest BCUT2D eigenvalue weighted by molar-refractivity contribution is 5.91. The minimum Gasteiger partial charge on any atom is -0.463 e. The molecule has 0 aliphatic carbocycles. The third-order valence-corrected chi connectivity index (χ3v) is 6.06. The fraction of sp³-hybridized carbons (Fsp3) is 0.741. The van der Waals surface area contributed by atoms with Gasteiger partial charge in [-0.3, -0.25) is 19.2 Å². The monoisotopic (exact) mass is 509 g/mol. The quantitative estimate of drug-likeness (QED) is 0.127. The molecule has 9 heteroatoms. The summed E-state index contributed by atoms with van der Waals surface area (Å²) in [5, 5.41) is 2.48. The summed E-state index contributed by atoms with van der Waals surface area (Å²) in [6, 6.07) is 0. The van der Waals surface area contributed by atoms with Gasteiger partial charge >= 0.3 is 17.9 Å². The molecule has 0 aromatic rings. The molecule has 0 radical (unpaired) electrons. The number of ketones is 1. The average Bonchev–Trinajstić information content (AvgIpc) is 3.04. The van der Waals surface area contributed by atoms with Gasteiger partial charge in [-0.05, 0) is 25.7 Å². The van der Waals surface area contributed by atoms with Gasteiger partial charge < -0.3 is 19.5 Å². The van der Waals surface area contributed by atoms with Crippen LogP contribution < -0.4 is 5.32 Å². The van der Waals surface area contributed by atoms with Crippen molar-refractivity contribution < 1.29 is 38.2 Å². The summed E-state index contributed by atoms with van der Waals surface area (Å²) in [4.78, 5) is 59.5.